The minimum atomic E-state index is 0.264. The number of nitrogens with one attached hydrogen (secondary N) is 2. The van der Waals surface area contributed by atoms with Crippen molar-refractivity contribution in [2.24, 2.45) is 0 Å². The summed E-state index contributed by atoms with van der Waals surface area (Å²) in [6.45, 7) is 2.12. The molecule has 2 N–H and O–H groups in total. The van der Waals surface area contributed by atoms with Crippen LogP contribution in [0.3, 0.4) is 0 Å². The van der Waals surface area contributed by atoms with Crippen LogP contribution in [0.2, 0.25) is 0 Å². The second-order valence-corrected chi connectivity index (χ2v) is 4.40. The maximum atomic E-state index is 4.18. The lowest BCUT2D eigenvalue weighted by atomic mass is 10.3. The number of hydrogen-bond donors (Lipinski definition) is 2. The SMILES string of the molecule is CNc1cc(NC(C)c2cccs2)ncn1. The fourth-order valence-electron chi connectivity index (χ4n) is 1.40. The molecule has 0 bridgehead atoms. The Morgan fingerprint density at radius 2 is 2.12 bits per heavy atom. The van der Waals surface area contributed by atoms with Gasteiger partial charge in [-0.05, 0) is 18.4 Å². The van der Waals surface area contributed by atoms with Crippen molar-refractivity contribution in [3.8, 4) is 0 Å². The molecule has 5 heteroatoms. The quantitative estimate of drug-likeness (QED) is 0.854. The average Bonchev–Trinajstić information content (AvgIpc) is 2.83. The van der Waals surface area contributed by atoms with Crippen molar-refractivity contribution in [2.45, 2.75) is 13.0 Å². The summed E-state index contributed by atoms with van der Waals surface area (Å²) in [4.78, 5) is 9.54. The van der Waals surface area contributed by atoms with E-state index in [2.05, 4.69) is 45.0 Å². The largest absolute Gasteiger partial charge is 0.373 e. The van der Waals surface area contributed by atoms with E-state index < -0.39 is 0 Å². The number of rotatable bonds is 4. The van der Waals surface area contributed by atoms with Crippen molar-refractivity contribution in [2.75, 3.05) is 17.7 Å². The third-order valence-electron chi connectivity index (χ3n) is 2.26. The summed E-state index contributed by atoms with van der Waals surface area (Å²) in [6.07, 6.45) is 1.55. The summed E-state index contributed by atoms with van der Waals surface area (Å²) in [5.74, 6) is 1.65. The number of hydrogen-bond acceptors (Lipinski definition) is 5. The number of thiophene rings is 1. The lowest BCUT2D eigenvalue weighted by molar-refractivity contribution is 0.893. The highest BCUT2D eigenvalue weighted by Crippen LogP contribution is 2.22. The van der Waals surface area contributed by atoms with Gasteiger partial charge in [-0.2, -0.15) is 0 Å². The molecule has 0 amide bonds. The molecule has 2 rings (SSSR count). The highest BCUT2D eigenvalue weighted by atomic mass is 32.1. The molecule has 2 heterocycles. The first-order valence-corrected chi connectivity index (χ1v) is 5.97. The van der Waals surface area contributed by atoms with E-state index in [1.54, 1.807) is 17.7 Å². The van der Waals surface area contributed by atoms with Crippen LogP contribution in [-0.2, 0) is 0 Å². The van der Waals surface area contributed by atoms with Gasteiger partial charge in [0.15, 0.2) is 0 Å². The van der Waals surface area contributed by atoms with Crippen LogP contribution in [0.4, 0.5) is 11.6 Å². The molecule has 0 radical (unpaired) electrons. The van der Waals surface area contributed by atoms with Gasteiger partial charge in [-0.15, -0.1) is 11.3 Å². The minimum absolute atomic E-state index is 0.264. The first-order chi connectivity index (χ1) is 7.79. The molecular formula is C11H14N4S. The Bertz CT molecular complexity index is 441. The van der Waals surface area contributed by atoms with Gasteiger partial charge in [0.05, 0.1) is 6.04 Å². The zero-order valence-corrected chi connectivity index (χ0v) is 10.1. The lowest BCUT2D eigenvalue weighted by Crippen LogP contribution is -2.07. The number of nitrogens with zero attached hydrogens (tertiary/aromatic N) is 2. The second-order valence-electron chi connectivity index (χ2n) is 3.42. The molecule has 0 aliphatic heterocycles. The normalized spacial score (nSPS) is 12.1. The zero-order chi connectivity index (χ0) is 11.4. The molecule has 0 aliphatic rings. The number of aromatic nitrogens is 2. The van der Waals surface area contributed by atoms with Crippen LogP contribution in [0.25, 0.3) is 0 Å². The molecule has 0 aromatic carbocycles. The summed E-state index contributed by atoms with van der Waals surface area (Å²) in [7, 11) is 1.84. The monoisotopic (exact) mass is 234 g/mol. The first-order valence-electron chi connectivity index (χ1n) is 5.09. The zero-order valence-electron chi connectivity index (χ0n) is 9.27. The molecule has 2 aromatic rings. The van der Waals surface area contributed by atoms with E-state index in [-0.39, 0.29) is 6.04 Å². The summed E-state index contributed by atoms with van der Waals surface area (Å²) in [5, 5.41) is 8.40. The highest BCUT2D eigenvalue weighted by molar-refractivity contribution is 7.10. The Morgan fingerprint density at radius 3 is 2.81 bits per heavy atom. The Labute approximate surface area is 98.8 Å². The van der Waals surface area contributed by atoms with Crippen molar-refractivity contribution < 1.29 is 0 Å². The molecule has 4 nitrogen and oxygen atoms in total. The molecule has 2 aromatic heterocycles. The van der Waals surface area contributed by atoms with Gasteiger partial charge in [0.2, 0.25) is 0 Å². The van der Waals surface area contributed by atoms with Crippen molar-refractivity contribution in [3.63, 3.8) is 0 Å². The summed E-state index contributed by atoms with van der Waals surface area (Å²) < 4.78 is 0. The summed E-state index contributed by atoms with van der Waals surface area (Å²) >= 11 is 1.74. The van der Waals surface area contributed by atoms with E-state index in [1.165, 1.54) is 4.88 Å². The van der Waals surface area contributed by atoms with E-state index in [0.29, 0.717) is 0 Å². The molecule has 1 unspecified atom stereocenters. The van der Waals surface area contributed by atoms with Gasteiger partial charge in [-0.1, -0.05) is 6.07 Å². The average molecular weight is 234 g/mol. The molecular weight excluding hydrogens is 220 g/mol. The minimum Gasteiger partial charge on any atom is -0.373 e. The van der Waals surface area contributed by atoms with Crippen molar-refractivity contribution >= 4 is 23.0 Å². The Hall–Kier alpha value is -1.62. The predicted octanol–water partition coefficient (Wildman–Crippen LogP) is 2.75. The van der Waals surface area contributed by atoms with E-state index >= 15 is 0 Å². The standard InChI is InChI=1S/C11H14N4S/c1-8(9-4-3-5-16-9)15-11-6-10(12-2)13-7-14-11/h3-8H,1-2H3,(H2,12,13,14,15). The summed E-state index contributed by atoms with van der Waals surface area (Å²) in [5.41, 5.74) is 0. The Balaban J connectivity index is 2.08. The molecule has 1 atom stereocenters. The van der Waals surface area contributed by atoms with Crippen molar-refractivity contribution in [1.29, 1.82) is 0 Å². The van der Waals surface area contributed by atoms with Gasteiger partial charge in [-0.3, -0.25) is 0 Å². The van der Waals surface area contributed by atoms with Crippen LogP contribution in [0.1, 0.15) is 17.8 Å². The Kier molecular flexibility index (Phi) is 3.36. The van der Waals surface area contributed by atoms with Crippen LogP contribution < -0.4 is 10.6 Å². The van der Waals surface area contributed by atoms with Crippen LogP contribution >= 0.6 is 11.3 Å². The third kappa shape index (κ3) is 2.49. The predicted molar refractivity (Wildman–Crippen MR) is 67.9 cm³/mol. The summed E-state index contributed by atoms with van der Waals surface area (Å²) in [6, 6.07) is 6.32. The molecule has 0 saturated carbocycles. The molecule has 0 spiro atoms. The van der Waals surface area contributed by atoms with E-state index in [9.17, 15) is 0 Å². The molecule has 0 saturated heterocycles. The maximum Gasteiger partial charge on any atom is 0.131 e. The Morgan fingerprint density at radius 1 is 1.31 bits per heavy atom. The molecule has 0 fully saturated rings. The van der Waals surface area contributed by atoms with Gasteiger partial charge in [0.25, 0.3) is 0 Å². The van der Waals surface area contributed by atoms with Gasteiger partial charge < -0.3 is 10.6 Å². The fraction of sp³-hybridized carbons (Fsp3) is 0.273. The van der Waals surface area contributed by atoms with Crippen LogP contribution in [0.5, 0.6) is 0 Å². The van der Waals surface area contributed by atoms with Gasteiger partial charge >= 0.3 is 0 Å². The molecule has 0 aliphatic carbocycles. The van der Waals surface area contributed by atoms with Gasteiger partial charge in [0.1, 0.15) is 18.0 Å². The van der Waals surface area contributed by atoms with Gasteiger partial charge in [-0.25, -0.2) is 9.97 Å². The van der Waals surface area contributed by atoms with Crippen LogP contribution in [-0.4, -0.2) is 17.0 Å². The van der Waals surface area contributed by atoms with Crippen molar-refractivity contribution in [1.82, 2.24) is 9.97 Å². The van der Waals surface area contributed by atoms with E-state index in [4.69, 9.17) is 0 Å². The topological polar surface area (TPSA) is 49.8 Å². The number of anilines is 2. The highest BCUT2D eigenvalue weighted by Gasteiger charge is 2.06. The fourth-order valence-corrected chi connectivity index (χ4v) is 2.14. The second kappa shape index (κ2) is 4.94. The first kappa shape index (κ1) is 10.9. The lowest BCUT2D eigenvalue weighted by Gasteiger charge is -2.12. The van der Waals surface area contributed by atoms with Gasteiger partial charge in [0, 0.05) is 18.0 Å². The van der Waals surface area contributed by atoms with Crippen LogP contribution in [0, 0.1) is 0 Å². The maximum absolute atomic E-state index is 4.18. The smallest absolute Gasteiger partial charge is 0.131 e. The molecule has 16 heavy (non-hydrogen) atoms. The van der Waals surface area contributed by atoms with Crippen molar-refractivity contribution in [3.05, 3.63) is 34.8 Å². The third-order valence-corrected chi connectivity index (χ3v) is 3.31. The van der Waals surface area contributed by atoms with Crippen LogP contribution in [0.15, 0.2) is 29.9 Å². The molecule has 84 valence electrons. The van der Waals surface area contributed by atoms with E-state index in [0.717, 1.165) is 11.6 Å². The van der Waals surface area contributed by atoms with E-state index in [1.807, 2.05) is 13.1 Å².